The molecule has 0 aliphatic rings. The van der Waals surface area contributed by atoms with Crippen LogP contribution in [0.2, 0.25) is 0 Å². The van der Waals surface area contributed by atoms with Crippen molar-refractivity contribution in [3.05, 3.63) is 30.5 Å². The largest absolute Gasteiger partial charge is 0.480 e. The fourth-order valence-corrected chi connectivity index (χ4v) is 2.44. The third kappa shape index (κ3) is 4.01. The Morgan fingerprint density at radius 3 is 2.81 bits per heavy atom. The number of aliphatic carboxylic acids is 1. The van der Waals surface area contributed by atoms with Crippen molar-refractivity contribution in [2.75, 3.05) is 11.6 Å². The van der Waals surface area contributed by atoms with Gasteiger partial charge in [-0.15, -0.1) is 0 Å². The number of thioether (sulfide) groups is 1. The van der Waals surface area contributed by atoms with Gasteiger partial charge in [0.05, 0.1) is 0 Å². The molecule has 2 N–H and O–H groups in total. The number of amides is 1. The summed E-state index contributed by atoms with van der Waals surface area (Å²) in [5, 5.41) is 12.9. The van der Waals surface area contributed by atoms with Gasteiger partial charge in [-0.2, -0.15) is 11.8 Å². The van der Waals surface area contributed by atoms with Crippen LogP contribution >= 0.6 is 11.8 Å². The summed E-state index contributed by atoms with van der Waals surface area (Å²) in [6.45, 7) is 1.94. The Morgan fingerprint density at radius 1 is 1.38 bits per heavy atom. The van der Waals surface area contributed by atoms with Crippen LogP contribution < -0.4 is 5.32 Å². The Morgan fingerprint density at radius 2 is 2.14 bits per heavy atom. The smallest absolute Gasteiger partial charge is 0.323 e. The second-order valence-corrected chi connectivity index (χ2v) is 6.19. The molecule has 2 aromatic rings. The summed E-state index contributed by atoms with van der Waals surface area (Å²) in [6, 6.07) is 7.32. The van der Waals surface area contributed by atoms with Gasteiger partial charge in [-0.05, 0) is 30.5 Å². The normalized spacial score (nSPS) is 12.3. The summed E-state index contributed by atoms with van der Waals surface area (Å²) in [5.41, 5.74) is 1.57. The third-order valence-electron chi connectivity index (χ3n) is 3.24. The van der Waals surface area contributed by atoms with Crippen LogP contribution in [0.3, 0.4) is 0 Å². The quantitative estimate of drug-likeness (QED) is 0.861. The van der Waals surface area contributed by atoms with Crippen molar-refractivity contribution in [2.45, 2.75) is 25.1 Å². The van der Waals surface area contributed by atoms with Gasteiger partial charge in [-0.1, -0.05) is 6.92 Å². The molecule has 1 atom stereocenters. The number of benzene rings is 1. The first-order valence-electron chi connectivity index (χ1n) is 6.63. The van der Waals surface area contributed by atoms with Crippen molar-refractivity contribution in [1.82, 2.24) is 4.57 Å². The Bertz CT molecular complexity index is 666. The molecule has 21 heavy (non-hydrogen) atoms. The van der Waals surface area contributed by atoms with Gasteiger partial charge in [0.2, 0.25) is 5.91 Å². The van der Waals surface area contributed by atoms with Crippen LogP contribution in [0, 0.1) is 0 Å². The van der Waals surface area contributed by atoms with Crippen molar-refractivity contribution in [3.8, 4) is 0 Å². The number of rotatable bonds is 6. The molecule has 5 nitrogen and oxygen atoms in total. The van der Waals surface area contributed by atoms with Crippen LogP contribution in [0.1, 0.15) is 13.3 Å². The summed E-state index contributed by atoms with van der Waals surface area (Å²) >= 11 is 1.66. The number of nitrogens with one attached hydrogen (secondary N) is 1. The number of anilines is 1. The molecule has 112 valence electrons. The van der Waals surface area contributed by atoms with Crippen LogP contribution in [-0.4, -0.2) is 33.1 Å². The third-order valence-corrected chi connectivity index (χ3v) is 4.21. The number of carboxylic acid groups (broad SMARTS) is 1. The summed E-state index contributed by atoms with van der Waals surface area (Å²) in [5.74, 6) is -0.892. The highest BCUT2D eigenvalue weighted by Crippen LogP contribution is 2.21. The fraction of sp³-hybridized carbons (Fsp3) is 0.333. The molecule has 0 aliphatic heterocycles. The highest BCUT2D eigenvalue weighted by Gasteiger charge is 2.09. The predicted octanol–water partition coefficient (Wildman–Crippen LogP) is 2.81. The maximum atomic E-state index is 11.9. The van der Waals surface area contributed by atoms with Crippen LogP contribution in [0.5, 0.6) is 0 Å². The Balaban J connectivity index is 2.13. The molecular formula is C15H18N2O3S. The Hall–Kier alpha value is -1.95. The molecule has 2 rings (SSSR count). The molecule has 0 saturated carbocycles. The SMILES string of the molecule is CSC(C)CC(=O)Nc1ccc2c(ccn2CC(=O)O)c1. The number of aromatic nitrogens is 1. The second kappa shape index (κ2) is 6.67. The molecule has 1 aromatic heterocycles. The highest BCUT2D eigenvalue weighted by molar-refractivity contribution is 7.99. The van der Waals surface area contributed by atoms with E-state index in [-0.39, 0.29) is 17.7 Å². The standard InChI is InChI=1S/C15H18N2O3S/c1-10(21-2)7-14(18)16-12-3-4-13-11(8-12)5-6-17(13)9-15(19)20/h3-6,8,10H,7,9H2,1-2H3,(H,16,18)(H,19,20). The lowest BCUT2D eigenvalue weighted by atomic mass is 10.2. The summed E-state index contributed by atoms with van der Waals surface area (Å²) in [7, 11) is 0. The van der Waals surface area contributed by atoms with Crippen molar-refractivity contribution in [2.24, 2.45) is 0 Å². The minimum Gasteiger partial charge on any atom is -0.480 e. The number of carboxylic acids is 1. The Kier molecular flexibility index (Phi) is 4.90. The van der Waals surface area contributed by atoms with E-state index in [0.717, 1.165) is 16.6 Å². The molecule has 1 amide bonds. The lowest BCUT2D eigenvalue weighted by Crippen LogP contribution is -2.15. The van der Waals surface area contributed by atoms with Gasteiger partial charge in [0.1, 0.15) is 6.54 Å². The minimum absolute atomic E-state index is 0.0128. The molecule has 0 saturated heterocycles. The summed E-state index contributed by atoms with van der Waals surface area (Å²) < 4.78 is 1.67. The average molecular weight is 306 g/mol. The maximum Gasteiger partial charge on any atom is 0.323 e. The van der Waals surface area contributed by atoms with E-state index < -0.39 is 5.97 Å². The van der Waals surface area contributed by atoms with Gasteiger partial charge in [-0.25, -0.2) is 0 Å². The second-order valence-electron chi connectivity index (χ2n) is 4.91. The minimum atomic E-state index is -0.879. The van der Waals surface area contributed by atoms with E-state index in [1.165, 1.54) is 0 Å². The molecule has 0 radical (unpaired) electrons. The zero-order valence-corrected chi connectivity index (χ0v) is 12.8. The lowest BCUT2D eigenvalue weighted by molar-refractivity contribution is -0.137. The van der Waals surface area contributed by atoms with Crippen LogP contribution in [-0.2, 0) is 16.1 Å². The molecule has 1 heterocycles. The van der Waals surface area contributed by atoms with E-state index >= 15 is 0 Å². The lowest BCUT2D eigenvalue weighted by Gasteiger charge is -2.09. The molecule has 1 aromatic carbocycles. The zero-order chi connectivity index (χ0) is 15.4. The van der Waals surface area contributed by atoms with Crippen molar-refractivity contribution >= 4 is 40.2 Å². The first kappa shape index (κ1) is 15.4. The van der Waals surface area contributed by atoms with Gasteiger partial charge < -0.3 is 15.0 Å². The number of hydrogen-bond donors (Lipinski definition) is 2. The van der Waals surface area contributed by atoms with E-state index in [0.29, 0.717) is 6.42 Å². The van der Waals surface area contributed by atoms with Gasteiger partial charge >= 0.3 is 5.97 Å². The van der Waals surface area contributed by atoms with E-state index in [2.05, 4.69) is 5.32 Å². The first-order chi connectivity index (χ1) is 9.99. The number of nitrogens with zero attached hydrogens (tertiary/aromatic N) is 1. The van der Waals surface area contributed by atoms with E-state index in [1.54, 1.807) is 28.6 Å². The fourth-order valence-electron chi connectivity index (χ4n) is 2.12. The number of fused-ring (bicyclic) bond motifs is 1. The van der Waals surface area contributed by atoms with Crippen molar-refractivity contribution < 1.29 is 14.7 Å². The molecule has 0 aliphatic carbocycles. The zero-order valence-electron chi connectivity index (χ0n) is 12.0. The number of carbonyl (C=O) groups excluding carboxylic acids is 1. The van der Waals surface area contributed by atoms with Gasteiger partial charge in [0.15, 0.2) is 0 Å². The van der Waals surface area contributed by atoms with Crippen LogP contribution in [0.15, 0.2) is 30.5 Å². The van der Waals surface area contributed by atoms with Gasteiger partial charge in [0.25, 0.3) is 0 Å². The summed E-state index contributed by atoms with van der Waals surface area (Å²) in [4.78, 5) is 22.6. The van der Waals surface area contributed by atoms with E-state index in [1.807, 2.05) is 31.4 Å². The predicted molar refractivity (Wildman–Crippen MR) is 85.8 cm³/mol. The average Bonchev–Trinajstić information content (AvgIpc) is 2.80. The van der Waals surface area contributed by atoms with Crippen molar-refractivity contribution in [3.63, 3.8) is 0 Å². The monoisotopic (exact) mass is 306 g/mol. The van der Waals surface area contributed by atoms with Gasteiger partial charge in [-0.3, -0.25) is 9.59 Å². The molecule has 0 fully saturated rings. The Labute approximate surface area is 127 Å². The molecular weight excluding hydrogens is 288 g/mol. The number of hydrogen-bond acceptors (Lipinski definition) is 3. The molecule has 0 spiro atoms. The number of carbonyl (C=O) groups is 2. The van der Waals surface area contributed by atoms with Crippen LogP contribution in [0.4, 0.5) is 5.69 Å². The highest BCUT2D eigenvalue weighted by atomic mass is 32.2. The molecule has 6 heteroatoms. The van der Waals surface area contributed by atoms with Gasteiger partial charge in [0, 0.05) is 34.5 Å². The summed E-state index contributed by atoms with van der Waals surface area (Å²) in [6.07, 6.45) is 4.19. The maximum absolute atomic E-state index is 11.9. The first-order valence-corrected chi connectivity index (χ1v) is 7.91. The van der Waals surface area contributed by atoms with E-state index in [9.17, 15) is 9.59 Å². The topological polar surface area (TPSA) is 71.3 Å². The molecule has 0 bridgehead atoms. The van der Waals surface area contributed by atoms with E-state index in [4.69, 9.17) is 5.11 Å². The van der Waals surface area contributed by atoms with Crippen molar-refractivity contribution in [1.29, 1.82) is 0 Å². The molecule has 1 unspecified atom stereocenters. The van der Waals surface area contributed by atoms with Crippen LogP contribution in [0.25, 0.3) is 10.9 Å².